The second kappa shape index (κ2) is 6.05. The van der Waals surface area contributed by atoms with E-state index in [0.717, 1.165) is 18.6 Å². The summed E-state index contributed by atoms with van der Waals surface area (Å²) in [6.45, 7) is 2.94. The Morgan fingerprint density at radius 1 is 1.48 bits per heavy atom. The molecule has 0 saturated carbocycles. The fourth-order valence-corrected chi connectivity index (χ4v) is 2.54. The maximum atomic E-state index is 12.7. The maximum absolute atomic E-state index is 12.7. The third-order valence-corrected chi connectivity index (χ3v) is 3.84. The summed E-state index contributed by atoms with van der Waals surface area (Å²) in [5.74, 6) is -0.301. The second-order valence-corrected chi connectivity index (χ2v) is 5.62. The van der Waals surface area contributed by atoms with Gasteiger partial charge in [-0.3, -0.25) is 4.79 Å². The van der Waals surface area contributed by atoms with Gasteiger partial charge in [0.2, 0.25) is 5.91 Å². The molecule has 1 aliphatic rings. The van der Waals surface area contributed by atoms with E-state index in [1.165, 1.54) is 6.07 Å². The Labute approximate surface area is 121 Å². The van der Waals surface area contributed by atoms with Crippen molar-refractivity contribution in [2.24, 2.45) is 5.73 Å². The summed E-state index contributed by atoms with van der Waals surface area (Å²) in [6.07, 6.45) is -3.38. The molecule has 2 rings (SSSR count). The highest BCUT2D eigenvalue weighted by Crippen LogP contribution is 2.32. The fraction of sp³-hybridized carbons (Fsp3) is 0.533. The predicted molar refractivity (Wildman–Crippen MR) is 73.6 cm³/mol. The number of amides is 1. The quantitative estimate of drug-likeness (QED) is 0.933. The number of carbonyl (C=O) groups excluding carboxylic acids is 1. The van der Waals surface area contributed by atoms with E-state index >= 15 is 0 Å². The highest BCUT2D eigenvalue weighted by atomic mass is 19.4. The van der Waals surface area contributed by atoms with Gasteiger partial charge in [0.25, 0.3) is 0 Å². The molecule has 116 valence electrons. The summed E-state index contributed by atoms with van der Waals surface area (Å²) in [5, 5.41) is 0. The molecule has 1 aliphatic heterocycles. The maximum Gasteiger partial charge on any atom is 0.416 e. The predicted octanol–water partition coefficient (Wildman–Crippen LogP) is 2.76. The molecule has 1 aromatic rings. The highest BCUT2D eigenvalue weighted by molar-refractivity contribution is 5.77. The Morgan fingerprint density at radius 2 is 2.19 bits per heavy atom. The van der Waals surface area contributed by atoms with Gasteiger partial charge < -0.3 is 10.6 Å². The van der Waals surface area contributed by atoms with Gasteiger partial charge in [0.05, 0.1) is 5.56 Å². The van der Waals surface area contributed by atoms with Gasteiger partial charge in [-0.15, -0.1) is 0 Å². The minimum Gasteiger partial charge on any atom is -0.341 e. The number of halogens is 3. The first-order valence-electron chi connectivity index (χ1n) is 6.98. The smallest absolute Gasteiger partial charge is 0.341 e. The Kier molecular flexibility index (Phi) is 4.56. The molecule has 1 saturated heterocycles. The number of likely N-dealkylation sites (tertiary alicyclic amines) is 1. The van der Waals surface area contributed by atoms with E-state index in [2.05, 4.69) is 0 Å². The Bertz CT molecular complexity index is 516. The van der Waals surface area contributed by atoms with Gasteiger partial charge in [-0.05, 0) is 24.0 Å². The van der Waals surface area contributed by atoms with Crippen LogP contribution in [-0.4, -0.2) is 29.9 Å². The summed E-state index contributed by atoms with van der Waals surface area (Å²) >= 11 is 0. The van der Waals surface area contributed by atoms with E-state index in [9.17, 15) is 18.0 Å². The van der Waals surface area contributed by atoms with E-state index in [0.29, 0.717) is 18.7 Å². The van der Waals surface area contributed by atoms with Crippen molar-refractivity contribution >= 4 is 5.91 Å². The third-order valence-electron chi connectivity index (χ3n) is 3.84. The summed E-state index contributed by atoms with van der Waals surface area (Å²) in [7, 11) is 0. The minimum absolute atomic E-state index is 0.0119. The van der Waals surface area contributed by atoms with Gasteiger partial charge in [0, 0.05) is 25.6 Å². The van der Waals surface area contributed by atoms with Crippen LogP contribution in [0.3, 0.4) is 0 Å². The van der Waals surface area contributed by atoms with E-state index in [1.807, 2.05) is 0 Å². The zero-order valence-electron chi connectivity index (χ0n) is 11.9. The molecule has 3 nitrogen and oxygen atoms in total. The third kappa shape index (κ3) is 3.97. The summed E-state index contributed by atoms with van der Waals surface area (Å²) < 4.78 is 38.1. The molecular weight excluding hydrogens is 281 g/mol. The monoisotopic (exact) mass is 300 g/mol. The van der Waals surface area contributed by atoms with Gasteiger partial charge in [-0.2, -0.15) is 13.2 Å². The summed E-state index contributed by atoms with van der Waals surface area (Å²) in [4.78, 5) is 13.8. The summed E-state index contributed by atoms with van der Waals surface area (Å²) in [5.41, 5.74) is 5.60. The van der Waals surface area contributed by atoms with Crippen molar-refractivity contribution in [1.82, 2.24) is 4.90 Å². The number of nitrogens with zero attached hydrogens (tertiary/aromatic N) is 1. The molecule has 0 radical (unpaired) electrons. The van der Waals surface area contributed by atoms with Gasteiger partial charge in [0.1, 0.15) is 0 Å². The lowest BCUT2D eigenvalue weighted by molar-refractivity contribution is -0.137. The van der Waals surface area contributed by atoms with Crippen molar-refractivity contribution in [3.8, 4) is 0 Å². The Balaban J connectivity index is 2.03. The standard InChI is InChI=1S/C15H19F3N2O/c1-10(7-14(21)20-6-5-13(19)9-20)11-3-2-4-12(8-11)15(16,17)18/h2-4,8,10,13H,5-7,9,19H2,1H3/t10?,13-/m1/s1. The van der Waals surface area contributed by atoms with Crippen molar-refractivity contribution in [2.75, 3.05) is 13.1 Å². The SMILES string of the molecule is CC(CC(=O)N1CC[C@@H](N)C1)c1cccc(C(F)(F)F)c1. The van der Waals surface area contributed by atoms with Crippen LogP contribution in [0.2, 0.25) is 0 Å². The number of alkyl halides is 3. The molecule has 6 heteroatoms. The molecule has 2 atom stereocenters. The average molecular weight is 300 g/mol. The van der Waals surface area contributed by atoms with Crippen LogP contribution in [0.4, 0.5) is 13.2 Å². The van der Waals surface area contributed by atoms with Crippen LogP contribution in [0, 0.1) is 0 Å². The van der Waals surface area contributed by atoms with Crippen molar-refractivity contribution < 1.29 is 18.0 Å². The highest BCUT2D eigenvalue weighted by Gasteiger charge is 2.31. The molecule has 2 N–H and O–H groups in total. The number of hydrogen-bond donors (Lipinski definition) is 1. The molecule has 1 amide bonds. The first kappa shape index (κ1) is 15.8. The van der Waals surface area contributed by atoms with Crippen LogP contribution >= 0.6 is 0 Å². The van der Waals surface area contributed by atoms with Crippen LogP contribution in [-0.2, 0) is 11.0 Å². The Morgan fingerprint density at radius 3 is 2.76 bits per heavy atom. The molecule has 0 aromatic heterocycles. The summed E-state index contributed by atoms with van der Waals surface area (Å²) in [6, 6.07) is 5.18. The minimum atomic E-state index is -4.36. The van der Waals surface area contributed by atoms with E-state index in [-0.39, 0.29) is 24.3 Å². The van der Waals surface area contributed by atoms with E-state index < -0.39 is 11.7 Å². The first-order chi connectivity index (χ1) is 9.77. The number of hydrogen-bond acceptors (Lipinski definition) is 2. The zero-order valence-corrected chi connectivity index (χ0v) is 11.9. The molecule has 0 aliphatic carbocycles. The number of rotatable bonds is 3. The molecule has 1 fully saturated rings. The molecular formula is C15H19F3N2O. The number of nitrogens with two attached hydrogens (primary N) is 1. The number of carbonyl (C=O) groups is 1. The lowest BCUT2D eigenvalue weighted by atomic mass is 9.95. The van der Waals surface area contributed by atoms with E-state index in [1.54, 1.807) is 17.9 Å². The van der Waals surface area contributed by atoms with Crippen molar-refractivity contribution in [2.45, 2.75) is 37.9 Å². The second-order valence-electron chi connectivity index (χ2n) is 5.62. The molecule has 0 spiro atoms. The van der Waals surface area contributed by atoms with Crippen LogP contribution in [0.1, 0.15) is 36.8 Å². The molecule has 0 bridgehead atoms. The molecule has 1 unspecified atom stereocenters. The van der Waals surface area contributed by atoms with Gasteiger partial charge >= 0.3 is 6.18 Å². The van der Waals surface area contributed by atoms with Crippen LogP contribution in [0.5, 0.6) is 0 Å². The van der Waals surface area contributed by atoms with Gasteiger partial charge in [-0.25, -0.2) is 0 Å². The average Bonchev–Trinajstić information content (AvgIpc) is 2.84. The van der Waals surface area contributed by atoms with Crippen LogP contribution < -0.4 is 5.73 Å². The van der Waals surface area contributed by atoms with Crippen molar-refractivity contribution in [1.29, 1.82) is 0 Å². The normalized spacial score (nSPS) is 20.6. The van der Waals surface area contributed by atoms with Crippen LogP contribution in [0.15, 0.2) is 24.3 Å². The zero-order chi connectivity index (χ0) is 15.6. The Hall–Kier alpha value is -1.56. The van der Waals surface area contributed by atoms with Gasteiger partial charge in [-0.1, -0.05) is 25.1 Å². The molecule has 21 heavy (non-hydrogen) atoms. The number of benzene rings is 1. The van der Waals surface area contributed by atoms with Crippen molar-refractivity contribution in [3.63, 3.8) is 0 Å². The topological polar surface area (TPSA) is 46.3 Å². The van der Waals surface area contributed by atoms with Crippen molar-refractivity contribution in [3.05, 3.63) is 35.4 Å². The first-order valence-corrected chi connectivity index (χ1v) is 6.98. The molecule has 1 heterocycles. The fourth-order valence-electron chi connectivity index (χ4n) is 2.54. The van der Waals surface area contributed by atoms with E-state index in [4.69, 9.17) is 5.73 Å². The molecule has 1 aromatic carbocycles. The lowest BCUT2D eigenvalue weighted by Gasteiger charge is -2.19. The largest absolute Gasteiger partial charge is 0.416 e. The van der Waals surface area contributed by atoms with Gasteiger partial charge in [0.15, 0.2) is 0 Å². The lowest BCUT2D eigenvalue weighted by Crippen LogP contribution is -2.32. The van der Waals surface area contributed by atoms with Crippen LogP contribution in [0.25, 0.3) is 0 Å².